The maximum Gasteiger partial charge on any atom is 0.418 e. The molecule has 0 amide bonds. The highest BCUT2D eigenvalue weighted by molar-refractivity contribution is 5.73. The van der Waals surface area contributed by atoms with E-state index in [4.69, 9.17) is 5.26 Å². The Kier molecular flexibility index (Phi) is 4.60. The molecule has 1 aromatic heterocycles. The van der Waals surface area contributed by atoms with Crippen molar-refractivity contribution in [2.45, 2.75) is 19.0 Å². The first-order chi connectivity index (χ1) is 9.20. The van der Waals surface area contributed by atoms with Crippen LogP contribution in [0.15, 0.2) is 6.07 Å². The number of esters is 1. The van der Waals surface area contributed by atoms with Crippen LogP contribution in [0.4, 0.5) is 22.0 Å². The summed E-state index contributed by atoms with van der Waals surface area (Å²) in [4.78, 5) is 14.0. The molecule has 0 aliphatic carbocycles. The van der Waals surface area contributed by atoms with Gasteiger partial charge in [0.2, 0.25) is 0 Å². The molecule has 0 unspecified atom stereocenters. The molecule has 1 aromatic rings. The fraction of sp³-hybridized carbons (Fsp3) is 0.364. The van der Waals surface area contributed by atoms with Crippen molar-refractivity contribution in [3.05, 3.63) is 28.6 Å². The van der Waals surface area contributed by atoms with Gasteiger partial charge in [-0.05, 0) is 11.6 Å². The number of hydrogen-bond acceptors (Lipinski definition) is 4. The Morgan fingerprint density at radius 3 is 2.50 bits per heavy atom. The van der Waals surface area contributed by atoms with Gasteiger partial charge in [-0.15, -0.1) is 0 Å². The van der Waals surface area contributed by atoms with Crippen LogP contribution in [-0.4, -0.2) is 18.1 Å². The van der Waals surface area contributed by atoms with Crippen molar-refractivity contribution in [1.82, 2.24) is 4.98 Å². The summed E-state index contributed by atoms with van der Waals surface area (Å²) in [7, 11) is 0.940. The first kappa shape index (κ1) is 15.8. The second-order valence-electron chi connectivity index (χ2n) is 3.59. The lowest BCUT2D eigenvalue weighted by molar-refractivity contribution is -0.142. The molecule has 1 heterocycles. The molecule has 1 rings (SSSR count). The van der Waals surface area contributed by atoms with Crippen molar-refractivity contribution < 1.29 is 31.5 Å². The van der Waals surface area contributed by atoms with E-state index in [0.29, 0.717) is 6.07 Å². The summed E-state index contributed by atoms with van der Waals surface area (Å²) in [5.74, 6) is -1.05. The number of pyridine rings is 1. The van der Waals surface area contributed by atoms with Crippen molar-refractivity contribution in [2.75, 3.05) is 7.11 Å². The van der Waals surface area contributed by atoms with E-state index >= 15 is 0 Å². The van der Waals surface area contributed by atoms with Crippen LogP contribution < -0.4 is 0 Å². The number of hydrogen-bond donors (Lipinski definition) is 0. The Morgan fingerprint density at radius 1 is 1.50 bits per heavy atom. The summed E-state index contributed by atoms with van der Waals surface area (Å²) >= 11 is 0. The first-order valence-corrected chi connectivity index (χ1v) is 5.06. The highest BCUT2D eigenvalue weighted by Gasteiger charge is 2.40. The Hall–Kier alpha value is -2.24. The van der Waals surface area contributed by atoms with Gasteiger partial charge >= 0.3 is 12.1 Å². The zero-order chi connectivity index (χ0) is 15.5. The van der Waals surface area contributed by atoms with E-state index in [2.05, 4.69) is 9.72 Å². The average Bonchev–Trinajstić information content (AvgIpc) is 2.35. The van der Waals surface area contributed by atoms with Crippen LogP contribution in [0.5, 0.6) is 0 Å². The maximum atomic E-state index is 12.9. The van der Waals surface area contributed by atoms with Gasteiger partial charge in [0.05, 0.1) is 19.1 Å². The molecular formula is C11H7F5N2O2. The molecule has 0 fully saturated rings. The minimum absolute atomic E-state index is 0.632. The molecule has 20 heavy (non-hydrogen) atoms. The predicted octanol–water partition coefficient (Wildman–Crippen LogP) is 2.63. The van der Waals surface area contributed by atoms with Crippen molar-refractivity contribution in [2.24, 2.45) is 0 Å². The van der Waals surface area contributed by atoms with Crippen molar-refractivity contribution in [3.8, 4) is 6.07 Å². The van der Waals surface area contributed by atoms with Gasteiger partial charge < -0.3 is 4.74 Å². The van der Waals surface area contributed by atoms with E-state index in [0.717, 1.165) is 7.11 Å². The molecule has 0 atom stereocenters. The Morgan fingerprint density at radius 2 is 2.10 bits per heavy atom. The van der Waals surface area contributed by atoms with Gasteiger partial charge in [0.15, 0.2) is 0 Å². The number of methoxy groups -OCH3 is 1. The summed E-state index contributed by atoms with van der Waals surface area (Å²) in [6, 6.07) is 2.01. The number of rotatable bonds is 3. The zero-order valence-corrected chi connectivity index (χ0v) is 9.96. The third kappa shape index (κ3) is 3.40. The lowest BCUT2D eigenvalue weighted by Gasteiger charge is -2.16. The van der Waals surface area contributed by atoms with Gasteiger partial charge in [0.25, 0.3) is 6.43 Å². The molecule has 4 nitrogen and oxygen atoms in total. The van der Waals surface area contributed by atoms with Crippen LogP contribution >= 0.6 is 0 Å². The smallest absolute Gasteiger partial charge is 0.418 e. The van der Waals surface area contributed by atoms with Crippen molar-refractivity contribution in [1.29, 1.82) is 5.26 Å². The number of nitriles is 1. The molecular weight excluding hydrogens is 287 g/mol. The predicted molar refractivity (Wildman–Crippen MR) is 54.6 cm³/mol. The van der Waals surface area contributed by atoms with Gasteiger partial charge in [-0.25, -0.2) is 13.8 Å². The molecule has 0 saturated heterocycles. The normalized spacial score (nSPS) is 11.3. The summed E-state index contributed by atoms with van der Waals surface area (Å²) in [5, 5.41) is 8.60. The molecule has 0 spiro atoms. The molecule has 0 N–H and O–H groups in total. The third-order valence-electron chi connectivity index (χ3n) is 2.30. The second kappa shape index (κ2) is 5.81. The lowest BCUT2D eigenvalue weighted by atomic mass is 10.0. The molecule has 0 bridgehead atoms. The Bertz CT molecular complexity index is 563. The van der Waals surface area contributed by atoms with Gasteiger partial charge in [0.1, 0.15) is 17.5 Å². The highest BCUT2D eigenvalue weighted by Crippen LogP contribution is 2.38. The van der Waals surface area contributed by atoms with Crippen LogP contribution in [0, 0.1) is 11.3 Å². The van der Waals surface area contributed by atoms with E-state index in [1.807, 2.05) is 0 Å². The van der Waals surface area contributed by atoms with Crippen LogP contribution in [0.3, 0.4) is 0 Å². The van der Waals surface area contributed by atoms with E-state index in [1.165, 1.54) is 6.07 Å². The maximum absolute atomic E-state index is 12.9. The Balaban J connectivity index is 3.57. The molecule has 0 saturated carbocycles. The quantitative estimate of drug-likeness (QED) is 0.635. The van der Waals surface area contributed by atoms with Gasteiger partial charge in [0, 0.05) is 0 Å². The van der Waals surface area contributed by atoms with Gasteiger partial charge in [-0.1, -0.05) is 0 Å². The number of halogens is 5. The standard InChI is InChI=1S/C11H7F5N2O2/c1-20-7(19)3-5-2-6(4-17)18-9(10(12)13)8(5)11(14,15)16/h2,10H,3H2,1H3. The van der Waals surface area contributed by atoms with E-state index in [9.17, 15) is 26.7 Å². The van der Waals surface area contributed by atoms with E-state index in [1.54, 1.807) is 0 Å². The fourth-order valence-corrected chi connectivity index (χ4v) is 1.53. The van der Waals surface area contributed by atoms with Crippen molar-refractivity contribution in [3.63, 3.8) is 0 Å². The summed E-state index contributed by atoms with van der Waals surface area (Å²) in [6.07, 6.45) is -9.55. The number of alkyl halides is 5. The van der Waals surface area contributed by atoms with Crippen molar-refractivity contribution >= 4 is 5.97 Å². The average molecular weight is 294 g/mol. The van der Waals surface area contributed by atoms with Crippen LogP contribution in [-0.2, 0) is 22.1 Å². The van der Waals surface area contributed by atoms with Gasteiger partial charge in [-0.3, -0.25) is 4.79 Å². The second-order valence-corrected chi connectivity index (χ2v) is 3.59. The third-order valence-corrected chi connectivity index (χ3v) is 2.30. The number of nitrogens with zero attached hydrogens (tertiary/aromatic N) is 2. The molecule has 0 aliphatic rings. The number of carbonyl (C=O) groups excluding carboxylic acids is 1. The molecule has 0 aromatic carbocycles. The van der Waals surface area contributed by atoms with E-state index < -0.39 is 47.5 Å². The number of aromatic nitrogens is 1. The zero-order valence-electron chi connectivity index (χ0n) is 9.96. The van der Waals surface area contributed by atoms with Crippen LogP contribution in [0.25, 0.3) is 0 Å². The molecule has 0 aliphatic heterocycles. The molecule has 0 radical (unpaired) electrons. The Labute approximate surface area is 109 Å². The summed E-state index contributed by atoms with van der Waals surface area (Å²) in [6.45, 7) is 0. The summed E-state index contributed by atoms with van der Waals surface area (Å²) in [5.41, 5.74) is -4.69. The number of carbonyl (C=O) groups is 1. The van der Waals surface area contributed by atoms with Gasteiger partial charge in [-0.2, -0.15) is 18.4 Å². The van der Waals surface area contributed by atoms with Crippen LogP contribution in [0.2, 0.25) is 0 Å². The minimum Gasteiger partial charge on any atom is -0.469 e. The number of ether oxygens (including phenoxy) is 1. The fourth-order valence-electron chi connectivity index (χ4n) is 1.53. The monoisotopic (exact) mass is 294 g/mol. The SMILES string of the molecule is COC(=O)Cc1cc(C#N)nc(C(F)F)c1C(F)(F)F. The van der Waals surface area contributed by atoms with E-state index in [-0.39, 0.29) is 0 Å². The molecule has 108 valence electrons. The summed E-state index contributed by atoms with van der Waals surface area (Å²) < 4.78 is 68.1. The minimum atomic E-state index is -5.13. The highest BCUT2D eigenvalue weighted by atomic mass is 19.4. The first-order valence-electron chi connectivity index (χ1n) is 5.06. The largest absolute Gasteiger partial charge is 0.469 e. The lowest BCUT2D eigenvalue weighted by Crippen LogP contribution is -2.18. The molecule has 9 heteroatoms. The topological polar surface area (TPSA) is 63.0 Å². The van der Waals surface area contributed by atoms with Crippen LogP contribution in [0.1, 0.15) is 28.9 Å².